The van der Waals surface area contributed by atoms with Crippen molar-refractivity contribution in [2.45, 2.75) is 51.6 Å². The molecule has 0 amide bonds. The van der Waals surface area contributed by atoms with Gasteiger partial charge in [-0.25, -0.2) is 9.67 Å². The summed E-state index contributed by atoms with van der Waals surface area (Å²) in [4.78, 5) is 31.3. The van der Waals surface area contributed by atoms with Crippen LogP contribution in [0.1, 0.15) is 36.9 Å². The fraction of sp³-hybridized carbons (Fsp3) is 0.600. The molecule has 1 saturated heterocycles. The van der Waals surface area contributed by atoms with Gasteiger partial charge in [0.05, 0.1) is 12.2 Å². The van der Waals surface area contributed by atoms with Gasteiger partial charge < -0.3 is 9.47 Å². The van der Waals surface area contributed by atoms with Crippen molar-refractivity contribution in [3.8, 4) is 0 Å². The molecule has 142 valence electrons. The average molecular weight is 367 g/mol. The molecular weight excluding hydrogens is 342 g/mol. The fourth-order valence-corrected chi connectivity index (χ4v) is 4.21. The number of aromatic nitrogens is 4. The van der Waals surface area contributed by atoms with Crippen LogP contribution >= 0.6 is 0 Å². The van der Waals surface area contributed by atoms with Crippen LogP contribution in [0.25, 0.3) is 0 Å². The van der Waals surface area contributed by atoms with Crippen LogP contribution in [0, 0.1) is 11.8 Å². The van der Waals surface area contributed by atoms with Crippen LogP contribution in [0.5, 0.6) is 0 Å². The predicted octanol–water partition coefficient (Wildman–Crippen LogP) is 1.23. The summed E-state index contributed by atoms with van der Waals surface area (Å²) in [5.41, 5.74) is 2.22. The van der Waals surface area contributed by atoms with E-state index in [0.717, 1.165) is 56.6 Å². The molecule has 7 nitrogen and oxygen atoms in total. The third kappa shape index (κ3) is 3.31. The Kier molecular flexibility index (Phi) is 4.10. The minimum atomic E-state index is -0.00118. The number of anilines is 1. The molecule has 27 heavy (non-hydrogen) atoms. The first-order valence-corrected chi connectivity index (χ1v) is 10.1. The monoisotopic (exact) mass is 367 g/mol. The molecule has 0 radical (unpaired) electrons. The van der Waals surface area contributed by atoms with Crippen LogP contribution in [0.3, 0.4) is 0 Å². The lowest BCUT2D eigenvalue weighted by atomic mass is 9.96. The van der Waals surface area contributed by atoms with Crippen LogP contribution < -0.4 is 16.0 Å². The summed E-state index contributed by atoms with van der Waals surface area (Å²) < 4.78 is 3.42. The maximum atomic E-state index is 12.6. The second-order valence-corrected chi connectivity index (χ2v) is 8.27. The summed E-state index contributed by atoms with van der Waals surface area (Å²) >= 11 is 0. The lowest BCUT2D eigenvalue weighted by Crippen LogP contribution is -2.52. The Labute approximate surface area is 157 Å². The molecule has 1 aliphatic heterocycles. The summed E-state index contributed by atoms with van der Waals surface area (Å²) in [6.07, 6.45) is 10.2. The molecule has 2 aromatic heterocycles. The van der Waals surface area contributed by atoms with Crippen molar-refractivity contribution < 1.29 is 0 Å². The number of nitrogens with zero attached hydrogens (tertiary/aromatic N) is 5. The van der Waals surface area contributed by atoms with Crippen molar-refractivity contribution in [3.05, 3.63) is 50.4 Å². The Balaban J connectivity index is 1.26. The van der Waals surface area contributed by atoms with Crippen molar-refractivity contribution in [3.63, 3.8) is 0 Å². The number of rotatable bonds is 5. The highest BCUT2D eigenvalue weighted by molar-refractivity contribution is 5.39. The van der Waals surface area contributed by atoms with E-state index >= 15 is 0 Å². The maximum Gasteiger partial charge on any atom is 0.293 e. The molecule has 2 aliphatic carbocycles. The van der Waals surface area contributed by atoms with Gasteiger partial charge in [0.2, 0.25) is 0 Å². The van der Waals surface area contributed by atoms with Gasteiger partial charge in [0.25, 0.3) is 11.1 Å². The summed E-state index contributed by atoms with van der Waals surface area (Å²) in [5.74, 6) is 1.53. The first-order valence-electron chi connectivity index (χ1n) is 10.1. The van der Waals surface area contributed by atoms with Gasteiger partial charge in [0.1, 0.15) is 0 Å². The van der Waals surface area contributed by atoms with Crippen LogP contribution in [0.15, 0.2) is 28.0 Å². The van der Waals surface area contributed by atoms with Gasteiger partial charge in [-0.15, -0.1) is 0 Å². The standard InChI is InChI=1S/C20H25N5O2/c26-18-9-16-3-1-2-4-17(16)22-25(18)13-15-11-24(12-15)19-20(27)23(8-7-21-19)10-14-5-6-14/h7-9,14-15H,1-6,10-13H2. The molecule has 0 N–H and O–H groups in total. The summed E-state index contributed by atoms with van der Waals surface area (Å²) in [6, 6.07) is 1.77. The molecule has 1 saturated carbocycles. The molecule has 2 aromatic rings. The predicted molar refractivity (Wildman–Crippen MR) is 102 cm³/mol. The Morgan fingerprint density at radius 2 is 1.85 bits per heavy atom. The van der Waals surface area contributed by atoms with Crippen molar-refractivity contribution >= 4 is 5.82 Å². The average Bonchev–Trinajstić information content (AvgIpc) is 3.44. The van der Waals surface area contributed by atoms with Gasteiger partial charge in [0, 0.05) is 44.0 Å². The first-order chi connectivity index (χ1) is 13.2. The topological polar surface area (TPSA) is 73.0 Å². The molecule has 0 unspecified atom stereocenters. The number of aryl methyl sites for hydroxylation is 2. The van der Waals surface area contributed by atoms with E-state index in [1.165, 1.54) is 12.8 Å². The van der Waals surface area contributed by atoms with E-state index in [0.29, 0.717) is 24.2 Å². The van der Waals surface area contributed by atoms with Crippen molar-refractivity contribution in [2.75, 3.05) is 18.0 Å². The Morgan fingerprint density at radius 3 is 2.67 bits per heavy atom. The van der Waals surface area contributed by atoms with Gasteiger partial charge >= 0.3 is 0 Å². The largest absolute Gasteiger partial charge is 0.351 e. The van der Waals surface area contributed by atoms with E-state index in [2.05, 4.69) is 10.1 Å². The lowest BCUT2D eigenvalue weighted by molar-refractivity contribution is 0.328. The minimum Gasteiger partial charge on any atom is -0.351 e. The molecule has 0 bridgehead atoms. The fourth-order valence-electron chi connectivity index (χ4n) is 4.21. The summed E-state index contributed by atoms with van der Waals surface area (Å²) in [6.45, 7) is 2.92. The van der Waals surface area contributed by atoms with Crippen LogP contribution in [-0.2, 0) is 25.9 Å². The van der Waals surface area contributed by atoms with E-state index in [1.54, 1.807) is 27.7 Å². The molecule has 0 spiro atoms. The number of fused-ring (bicyclic) bond motifs is 1. The highest BCUT2D eigenvalue weighted by Gasteiger charge is 2.31. The third-order valence-corrected chi connectivity index (χ3v) is 6.01. The third-order valence-electron chi connectivity index (χ3n) is 6.01. The van der Waals surface area contributed by atoms with E-state index < -0.39 is 0 Å². The highest BCUT2D eigenvalue weighted by Crippen LogP contribution is 2.30. The van der Waals surface area contributed by atoms with E-state index in [-0.39, 0.29) is 11.1 Å². The summed E-state index contributed by atoms with van der Waals surface area (Å²) in [7, 11) is 0. The Hall–Kier alpha value is -2.44. The molecule has 0 atom stereocenters. The Bertz CT molecular complexity index is 969. The zero-order valence-corrected chi connectivity index (χ0v) is 15.5. The second kappa shape index (κ2) is 6.62. The zero-order valence-electron chi connectivity index (χ0n) is 15.5. The van der Waals surface area contributed by atoms with E-state index in [1.807, 2.05) is 4.90 Å². The molecule has 2 fully saturated rings. The first kappa shape index (κ1) is 16.7. The van der Waals surface area contributed by atoms with E-state index in [9.17, 15) is 9.59 Å². The number of hydrogen-bond acceptors (Lipinski definition) is 5. The van der Waals surface area contributed by atoms with Crippen LogP contribution in [-0.4, -0.2) is 32.4 Å². The normalized spacial score (nSPS) is 19.6. The zero-order chi connectivity index (χ0) is 18.4. The van der Waals surface area contributed by atoms with Gasteiger partial charge in [0.15, 0.2) is 5.82 Å². The van der Waals surface area contributed by atoms with E-state index in [4.69, 9.17) is 0 Å². The molecule has 3 aliphatic rings. The minimum absolute atomic E-state index is 0.00118. The van der Waals surface area contributed by atoms with Crippen LogP contribution in [0.2, 0.25) is 0 Å². The van der Waals surface area contributed by atoms with Gasteiger partial charge in [-0.05, 0) is 50.0 Å². The Morgan fingerprint density at radius 1 is 1.04 bits per heavy atom. The van der Waals surface area contributed by atoms with Gasteiger partial charge in [-0.1, -0.05) is 0 Å². The quantitative estimate of drug-likeness (QED) is 0.795. The lowest BCUT2D eigenvalue weighted by Gasteiger charge is -2.39. The smallest absolute Gasteiger partial charge is 0.293 e. The summed E-state index contributed by atoms with van der Waals surface area (Å²) in [5, 5.41) is 4.61. The molecule has 0 aromatic carbocycles. The molecule has 3 heterocycles. The number of hydrogen-bond donors (Lipinski definition) is 0. The molecule has 7 heteroatoms. The highest BCUT2D eigenvalue weighted by atomic mass is 16.1. The molecule has 5 rings (SSSR count). The molecular formula is C20H25N5O2. The maximum absolute atomic E-state index is 12.6. The van der Waals surface area contributed by atoms with Crippen LogP contribution in [0.4, 0.5) is 5.82 Å². The SMILES string of the molecule is O=c1c(N2CC(Cn3nc4c(cc3=O)CCCC4)C2)nccn1CC1CC1. The second-order valence-electron chi connectivity index (χ2n) is 8.27. The van der Waals surface area contributed by atoms with Crippen molar-refractivity contribution in [1.29, 1.82) is 0 Å². The van der Waals surface area contributed by atoms with Gasteiger partial charge in [-0.3, -0.25) is 9.59 Å². The van der Waals surface area contributed by atoms with Crippen molar-refractivity contribution in [1.82, 2.24) is 19.3 Å². The van der Waals surface area contributed by atoms with Crippen molar-refractivity contribution in [2.24, 2.45) is 11.8 Å². The van der Waals surface area contributed by atoms with Gasteiger partial charge in [-0.2, -0.15) is 5.10 Å².